The quantitative estimate of drug-likeness (QED) is 0.706. The van der Waals surface area contributed by atoms with E-state index >= 15 is 0 Å². The van der Waals surface area contributed by atoms with Crippen LogP contribution in [0.5, 0.6) is 17.2 Å². The number of H-pyrrole nitrogens is 1. The van der Waals surface area contributed by atoms with Crippen LogP contribution >= 0.6 is 0 Å². The zero-order valence-corrected chi connectivity index (χ0v) is 14.4. The third-order valence-corrected chi connectivity index (χ3v) is 4.56. The van der Waals surface area contributed by atoms with Crippen LogP contribution in [0.1, 0.15) is 19.3 Å². The number of Topliss-reactive ketones (excluding diaryl/α,β-unsaturated/α-hetero) is 1. The number of carbonyl (C=O) groups excluding carboxylic acids is 1. The molecule has 0 bridgehead atoms. The van der Waals surface area contributed by atoms with Crippen LogP contribution in [-0.2, 0) is 4.79 Å². The minimum atomic E-state index is 0.348. The molecule has 2 aromatic carbocycles. The van der Waals surface area contributed by atoms with Gasteiger partial charge in [0, 0.05) is 25.0 Å². The summed E-state index contributed by atoms with van der Waals surface area (Å²) in [5.41, 5.74) is 2.03. The average Bonchev–Trinajstić information content (AvgIpc) is 3.34. The molecule has 0 radical (unpaired) electrons. The number of carbonyl (C=O) groups is 1. The number of ketones is 1. The summed E-state index contributed by atoms with van der Waals surface area (Å²) < 4.78 is 11.7. The number of aromatic amines is 1. The summed E-state index contributed by atoms with van der Waals surface area (Å²) >= 11 is 0. The van der Waals surface area contributed by atoms with Gasteiger partial charge in [0.1, 0.15) is 23.0 Å². The smallest absolute Gasteiger partial charge is 0.133 e. The van der Waals surface area contributed by atoms with Crippen LogP contribution < -0.4 is 9.47 Å². The third-order valence-electron chi connectivity index (χ3n) is 4.56. The van der Waals surface area contributed by atoms with Gasteiger partial charge in [0.2, 0.25) is 0 Å². The summed E-state index contributed by atoms with van der Waals surface area (Å²) in [4.78, 5) is 11.3. The molecule has 1 fully saturated rings. The molecule has 132 valence electrons. The fraction of sp³-hybridized carbons (Fsp3) is 0.238. The first-order chi connectivity index (χ1) is 12.8. The molecule has 1 heterocycles. The first kappa shape index (κ1) is 16.4. The van der Waals surface area contributed by atoms with Crippen LogP contribution in [0.25, 0.3) is 11.3 Å². The van der Waals surface area contributed by atoms with Crippen LogP contribution in [0.15, 0.2) is 60.8 Å². The fourth-order valence-electron chi connectivity index (χ4n) is 3.11. The van der Waals surface area contributed by atoms with E-state index in [4.69, 9.17) is 9.47 Å². The van der Waals surface area contributed by atoms with E-state index < -0.39 is 0 Å². The molecule has 0 unspecified atom stereocenters. The number of ether oxygens (including phenoxy) is 2. The van der Waals surface area contributed by atoms with Crippen molar-refractivity contribution in [2.24, 2.45) is 5.92 Å². The Morgan fingerprint density at radius 3 is 2.27 bits per heavy atom. The second-order valence-corrected chi connectivity index (χ2v) is 6.53. The monoisotopic (exact) mass is 348 g/mol. The molecular formula is C21H20N2O3. The number of benzene rings is 2. The SMILES string of the molecule is O=C1CC[C@H](COc2ccc(Oc3ccc(-c4ccn[nH]4)cc3)cc2)C1. The van der Waals surface area contributed by atoms with Gasteiger partial charge in [-0.2, -0.15) is 5.10 Å². The molecule has 0 amide bonds. The molecule has 3 aromatic rings. The van der Waals surface area contributed by atoms with Crippen LogP contribution in [0.3, 0.4) is 0 Å². The molecule has 4 rings (SSSR count). The van der Waals surface area contributed by atoms with Crippen LogP contribution in [0.4, 0.5) is 0 Å². The van der Waals surface area contributed by atoms with Crippen molar-refractivity contribution in [3.63, 3.8) is 0 Å². The lowest BCUT2D eigenvalue weighted by Gasteiger charge is -2.11. The number of hydrogen-bond acceptors (Lipinski definition) is 4. The Morgan fingerprint density at radius 2 is 1.65 bits per heavy atom. The summed E-state index contributed by atoms with van der Waals surface area (Å²) in [5, 5.41) is 6.90. The van der Waals surface area contributed by atoms with E-state index in [2.05, 4.69) is 10.2 Å². The minimum Gasteiger partial charge on any atom is -0.493 e. The van der Waals surface area contributed by atoms with Crippen molar-refractivity contribution in [1.82, 2.24) is 10.2 Å². The maximum Gasteiger partial charge on any atom is 0.133 e. The van der Waals surface area contributed by atoms with Crippen molar-refractivity contribution in [2.75, 3.05) is 6.61 Å². The molecule has 1 atom stereocenters. The molecule has 0 spiro atoms. The zero-order chi connectivity index (χ0) is 17.8. The lowest BCUT2D eigenvalue weighted by Crippen LogP contribution is -2.08. The molecule has 1 N–H and O–H groups in total. The van der Waals surface area contributed by atoms with Gasteiger partial charge in [-0.15, -0.1) is 0 Å². The molecule has 1 aliphatic carbocycles. The largest absolute Gasteiger partial charge is 0.493 e. The Morgan fingerprint density at radius 1 is 0.962 bits per heavy atom. The number of rotatable bonds is 6. The number of nitrogens with one attached hydrogen (secondary N) is 1. The second-order valence-electron chi connectivity index (χ2n) is 6.53. The van der Waals surface area contributed by atoms with Gasteiger partial charge >= 0.3 is 0 Å². The molecule has 5 heteroatoms. The van der Waals surface area contributed by atoms with Gasteiger partial charge in [-0.25, -0.2) is 0 Å². The van der Waals surface area contributed by atoms with Gasteiger partial charge in [-0.05, 0) is 66.6 Å². The number of nitrogens with zero attached hydrogens (tertiary/aromatic N) is 1. The summed E-state index contributed by atoms with van der Waals surface area (Å²) in [6, 6.07) is 17.3. The van der Waals surface area contributed by atoms with Crippen molar-refractivity contribution < 1.29 is 14.3 Å². The van der Waals surface area contributed by atoms with E-state index in [1.54, 1.807) is 6.20 Å². The summed E-state index contributed by atoms with van der Waals surface area (Å²) in [6.45, 7) is 0.598. The number of aromatic nitrogens is 2. The second kappa shape index (κ2) is 7.44. The molecule has 26 heavy (non-hydrogen) atoms. The van der Waals surface area contributed by atoms with Gasteiger partial charge < -0.3 is 9.47 Å². The highest BCUT2D eigenvalue weighted by molar-refractivity contribution is 5.80. The molecule has 1 aromatic heterocycles. The van der Waals surface area contributed by atoms with E-state index in [-0.39, 0.29) is 0 Å². The lowest BCUT2D eigenvalue weighted by molar-refractivity contribution is -0.117. The molecule has 1 saturated carbocycles. The van der Waals surface area contributed by atoms with Gasteiger partial charge in [-0.1, -0.05) is 0 Å². The number of hydrogen-bond donors (Lipinski definition) is 1. The average molecular weight is 348 g/mol. The maximum absolute atomic E-state index is 11.3. The van der Waals surface area contributed by atoms with Crippen molar-refractivity contribution in [2.45, 2.75) is 19.3 Å². The topological polar surface area (TPSA) is 64.2 Å². The Hall–Kier alpha value is -3.08. The van der Waals surface area contributed by atoms with Gasteiger partial charge in [0.15, 0.2) is 0 Å². The standard InChI is InChI=1S/C21H20N2O3/c24-17-4-1-15(13-17)14-25-18-7-9-20(10-8-18)26-19-5-2-16(3-6-19)21-11-12-22-23-21/h2-3,5-12,15H,1,4,13-14H2,(H,22,23)/t15-/m0/s1. The Balaban J connectivity index is 1.33. The van der Waals surface area contributed by atoms with E-state index in [0.717, 1.165) is 34.9 Å². The van der Waals surface area contributed by atoms with E-state index in [1.807, 2.05) is 54.6 Å². The van der Waals surface area contributed by atoms with Gasteiger partial charge in [-0.3, -0.25) is 9.89 Å². The maximum atomic E-state index is 11.3. The van der Waals surface area contributed by atoms with E-state index in [1.165, 1.54) is 0 Å². The Kier molecular flexibility index (Phi) is 4.69. The minimum absolute atomic E-state index is 0.348. The van der Waals surface area contributed by atoms with Crippen molar-refractivity contribution >= 4 is 5.78 Å². The van der Waals surface area contributed by atoms with Crippen LogP contribution in [0.2, 0.25) is 0 Å². The Labute approximate surface area is 152 Å². The first-order valence-corrected chi connectivity index (χ1v) is 8.78. The molecule has 5 nitrogen and oxygen atoms in total. The summed E-state index contributed by atoms with van der Waals surface area (Å²) in [5.74, 6) is 3.02. The van der Waals surface area contributed by atoms with Gasteiger partial charge in [0.05, 0.1) is 12.3 Å². The molecule has 1 aliphatic rings. The Bertz CT molecular complexity index is 855. The highest BCUT2D eigenvalue weighted by atomic mass is 16.5. The van der Waals surface area contributed by atoms with Crippen molar-refractivity contribution in [3.05, 3.63) is 60.8 Å². The van der Waals surface area contributed by atoms with Crippen LogP contribution in [0, 0.1) is 5.92 Å². The fourth-order valence-corrected chi connectivity index (χ4v) is 3.11. The molecular weight excluding hydrogens is 328 g/mol. The molecule has 0 saturated heterocycles. The predicted octanol–water partition coefficient (Wildman–Crippen LogP) is 4.62. The zero-order valence-electron chi connectivity index (χ0n) is 14.4. The normalized spacial score (nSPS) is 16.6. The van der Waals surface area contributed by atoms with Crippen molar-refractivity contribution in [1.29, 1.82) is 0 Å². The van der Waals surface area contributed by atoms with Gasteiger partial charge in [0.25, 0.3) is 0 Å². The van der Waals surface area contributed by atoms with Crippen LogP contribution in [-0.4, -0.2) is 22.6 Å². The lowest BCUT2D eigenvalue weighted by atomic mass is 10.1. The van der Waals surface area contributed by atoms with E-state index in [0.29, 0.717) is 31.1 Å². The van der Waals surface area contributed by atoms with Crippen molar-refractivity contribution in [3.8, 4) is 28.5 Å². The highest BCUT2D eigenvalue weighted by Gasteiger charge is 2.22. The predicted molar refractivity (Wildman–Crippen MR) is 98.4 cm³/mol. The third kappa shape index (κ3) is 3.94. The molecule has 0 aliphatic heterocycles. The highest BCUT2D eigenvalue weighted by Crippen LogP contribution is 2.27. The first-order valence-electron chi connectivity index (χ1n) is 8.78. The summed E-state index contributed by atoms with van der Waals surface area (Å²) in [6.07, 6.45) is 4.01. The van der Waals surface area contributed by atoms with E-state index in [9.17, 15) is 4.79 Å². The summed E-state index contributed by atoms with van der Waals surface area (Å²) in [7, 11) is 0.